The van der Waals surface area contributed by atoms with Gasteiger partial charge in [0.1, 0.15) is 0 Å². The molecule has 1 amide bonds. The highest BCUT2D eigenvalue weighted by molar-refractivity contribution is 7.84. The highest BCUT2D eigenvalue weighted by atomic mass is 32.2. The van der Waals surface area contributed by atoms with Gasteiger partial charge >= 0.3 is 0 Å². The number of nitrogen functional groups attached to an aromatic ring is 1. The summed E-state index contributed by atoms with van der Waals surface area (Å²) in [6.45, 7) is 1.83. The van der Waals surface area contributed by atoms with Crippen molar-refractivity contribution in [3.8, 4) is 0 Å². The number of hydrogen-bond donors (Lipinski definition) is 3. The second-order valence-corrected chi connectivity index (χ2v) is 5.32. The Morgan fingerprint density at radius 1 is 1.41 bits per heavy atom. The van der Waals surface area contributed by atoms with E-state index in [0.717, 1.165) is 5.69 Å². The zero-order valence-electron chi connectivity index (χ0n) is 9.90. The molecule has 1 aromatic carbocycles. The molecule has 17 heavy (non-hydrogen) atoms. The lowest BCUT2D eigenvalue weighted by Crippen LogP contribution is -2.36. The van der Waals surface area contributed by atoms with E-state index >= 15 is 0 Å². The number of carbonyl (C=O) groups is 1. The first-order chi connectivity index (χ1) is 8.02. The van der Waals surface area contributed by atoms with E-state index in [9.17, 15) is 9.00 Å². The molecule has 1 rings (SSSR count). The van der Waals surface area contributed by atoms with Crippen LogP contribution in [0.5, 0.6) is 0 Å². The van der Waals surface area contributed by atoms with Crippen molar-refractivity contribution in [2.75, 3.05) is 17.4 Å². The average molecular weight is 255 g/mol. The normalized spacial score (nSPS) is 13.8. The third kappa shape index (κ3) is 4.54. The number of hydrazine groups is 1. The Morgan fingerprint density at radius 2 is 2.00 bits per heavy atom. The highest BCUT2D eigenvalue weighted by Gasteiger charge is 2.10. The monoisotopic (exact) mass is 255 g/mol. The molecule has 4 N–H and O–H groups in total. The maximum Gasteiger partial charge on any atom is 0.251 e. The Kier molecular flexibility index (Phi) is 5.11. The standard InChI is InChI=1S/C11H17N3O2S/c1-8(7-17(2)16)13-11(15)9-3-5-10(14-12)6-4-9/h3-6,8,14H,7,12H2,1-2H3,(H,13,15). The summed E-state index contributed by atoms with van der Waals surface area (Å²) in [5.41, 5.74) is 3.78. The van der Waals surface area contributed by atoms with E-state index in [1.807, 2.05) is 6.92 Å². The van der Waals surface area contributed by atoms with Gasteiger partial charge in [0.15, 0.2) is 0 Å². The van der Waals surface area contributed by atoms with Gasteiger partial charge in [-0.3, -0.25) is 14.8 Å². The molecule has 0 bridgehead atoms. The van der Waals surface area contributed by atoms with E-state index in [0.29, 0.717) is 11.3 Å². The minimum Gasteiger partial charge on any atom is -0.349 e. The van der Waals surface area contributed by atoms with E-state index in [4.69, 9.17) is 5.84 Å². The molecule has 0 fully saturated rings. The molecule has 2 atom stereocenters. The molecule has 5 nitrogen and oxygen atoms in total. The molecule has 1 aromatic rings. The van der Waals surface area contributed by atoms with E-state index in [1.165, 1.54) is 0 Å². The molecule has 94 valence electrons. The molecule has 2 unspecified atom stereocenters. The summed E-state index contributed by atoms with van der Waals surface area (Å²) in [6.07, 6.45) is 1.62. The molecule has 0 aliphatic carbocycles. The molecule has 0 heterocycles. The van der Waals surface area contributed by atoms with Crippen LogP contribution in [-0.4, -0.2) is 28.2 Å². The number of nitrogens with two attached hydrogens (primary N) is 1. The summed E-state index contributed by atoms with van der Waals surface area (Å²) in [5.74, 6) is 5.51. The summed E-state index contributed by atoms with van der Waals surface area (Å²) < 4.78 is 11.0. The fourth-order valence-electron chi connectivity index (χ4n) is 1.42. The molecule has 0 aromatic heterocycles. The van der Waals surface area contributed by atoms with Crippen LogP contribution in [0.4, 0.5) is 5.69 Å². The van der Waals surface area contributed by atoms with Gasteiger partial charge in [0.25, 0.3) is 5.91 Å². The Morgan fingerprint density at radius 3 is 2.47 bits per heavy atom. The SMILES string of the molecule is CC(CS(C)=O)NC(=O)c1ccc(NN)cc1. The molecule has 0 radical (unpaired) electrons. The Hall–Kier alpha value is -1.40. The van der Waals surface area contributed by atoms with Gasteiger partial charge in [-0.25, -0.2) is 0 Å². The van der Waals surface area contributed by atoms with Crippen molar-refractivity contribution in [1.29, 1.82) is 0 Å². The molecule has 6 heteroatoms. The van der Waals surface area contributed by atoms with Crippen LogP contribution in [0.15, 0.2) is 24.3 Å². The van der Waals surface area contributed by atoms with Crippen LogP contribution in [0.3, 0.4) is 0 Å². The summed E-state index contributed by atoms with van der Waals surface area (Å²) >= 11 is 0. The second-order valence-electron chi connectivity index (χ2n) is 3.84. The maximum atomic E-state index is 11.8. The Bertz CT molecular complexity index is 406. The van der Waals surface area contributed by atoms with Crippen molar-refractivity contribution in [2.24, 2.45) is 5.84 Å². The smallest absolute Gasteiger partial charge is 0.251 e. The van der Waals surface area contributed by atoms with Crippen LogP contribution in [-0.2, 0) is 10.8 Å². The van der Waals surface area contributed by atoms with Crippen LogP contribution < -0.4 is 16.6 Å². The molecule has 0 saturated heterocycles. The Balaban J connectivity index is 2.60. The van der Waals surface area contributed by atoms with Crippen molar-refractivity contribution in [3.05, 3.63) is 29.8 Å². The minimum atomic E-state index is -0.915. The quantitative estimate of drug-likeness (QED) is 0.527. The van der Waals surface area contributed by atoms with E-state index in [-0.39, 0.29) is 11.9 Å². The fourth-order valence-corrected chi connectivity index (χ4v) is 2.21. The average Bonchev–Trinajstić information content (AvgIpc) is 2.28. The van der Waals surface area contributed by atoms with Crippen molar-refractivity contribution < 1.29 is 9.00 Å². The van der Waals surface area contributed by atoms with Gasteiger partial charge in [-0.1, -0.05) is 0 Å². The van der Waals surface area contributed by atoms with Crippen LogP contribution >= 0.6 is 0 Å². The van der Waals surface area contributed by atoms with E-state index < -0.39 is 10.8 Å². The second kappa shape index (κ2) is 6.36. The largest absolute Gasteiger partial charge is 0.349 e. The predicted octanol–water partition coefficient (Wildman–Crippen LogP) is 0.469. The summed E-state index contributed by atoms with van der Waals surface area (Å²) in [5, 5.41) is 2.78. The van der Waals surface area contributed by atoms with Crippen LogP contribution in [0.2, 0.25) is 0 Å². The topological polar surface area (TPSA) is 84.2 Å². The number of hydrogen-bond acceptors (Lipinski definition) is 4. The minimum absolute atomic E-state index is 0.111. The van der Waals surface area contributed by atoms with Gasteiger partial charge in [-0.05, 0) is 31.2 Å². The third-order valence-electron chi connectivity index (χ3n) is 2.18. The number of carbonyl (C=O) groups excluding carboxylic acids is 1. The number of benzene rings is 1. The van der Waals surface area contributed by atoms with Crippen LogP contribution in [0.25, 0.3) is 0 Å². The molecule has 0 aliphatic heterocycles. The van der Waals surface area contributed by atoms with E-state index in [1.54, 1.807) is 30.5 Å². The van der Waals surface area contributed by atoms with Crippen molar-refractivity contribution >= 4 is 22.4 Å². The fraction of sp³-hybridized carbons (Fsp3) is 0.364. The lowest BCUT2D eigenvalue weighted by molar-refractivity contribution is 0.0943. The van der Waals surface area contributed by atoms with Gasteiger partial charge < -0.3 is 10.7 Å². The first-order valence-corrected chi connectivity index (χ1v) is 6.93. The number of anilines is 1. The third-order valence-corrected chi connectivity index (χ3v) is 3.15. The van der Waals surface area contributed by atoms with Gasteiger partial charge in [-0.15, -0.1) is 0 Å². The van der Waals surface area contributed by atoms with Crippen molar-refractivity contribution in [2.45, 2.75) is 13.0 Å². The number of rotatable bonds is 5. The number of amides is 1. The van der Waals surface area contributed by atoms with Crippen LogP contribution in [0.1, 0.15) is 17.3 Å². The molecular weight excluding hydrogens is 238 g/mol. The molecule has 0 spiro atoms. The summed E-state index contributed by atoms with van der Waals surface area (Å²) in [4.78, 5) is 11.8. The first-order valence-electron chi connectivity index (χ1n) is 5.20. The zero-order valence-corrected chi connectivity index (χ0v) is 10.7. The Labute approximate surface area is 103 Å². The first kappa shape index (κ1) is 13.7. The zero-order chi connectivity index (χ0) is 12.8. The van der Waals surface area contributed by atoms with Crippen LogP contribution in [0, 0.1) is 0 Å². The van der Waals surface area contributed by atoms with Gasteiger partial charge in [-0.2, -0.15) is 0 Å². The van der Waals surface area contributed by atoms with Gasteiger partial charge in [0.05, 0.1) is 0 Å². The van der Waals surface area contributed by atoms with E-state index in [2.05, 4.69) is 10.7 Å². The highest BCUT2D eigenvalue weighted by Crippen LogP contribution is 2.08. The number of nitrogens with one attached hydrogen (secondary N) is 2. The summed E-state index contributed by atoms with van der Waals surface area (Å²) in [7, 11) is -0.915. The molecule has 0 saturated carbocycles. The van der Waals surface area contributed by atoms with Gasteiger partial charge in [0, 0.05) is 40.1 Å². The van der Waals surface area contributed by atoms with Crippen molar-refractivity contribution in [1.82, 2.24) is 5.32 Å². The lowest BCUT2D eigenvalue weighted by atomic mass is 10.2. The lowest BCUT2D eigenvalue weighted by Gasteiger charge is -2.12. The van der Waals surface area contributed by atoms with Crippen molar-refractivity contribution in [3.63, 3.8) is 0 Å². The van der Waals surface area contributed by atoms with Gasteiger partial charge in [0.2, 0.25) is 0 Å². The summed E-state index contributed by atoms with van der Waals surface area (Å²) in [6, 6.07) is 6.69. The predicted molar refractivity (Wildman–Crippen MR) is 70.1 cm³/mol. The maximum absolute atomic E-state index is 11.8. The molecular formula is C11H17N3O2S. The molecule has 0 aliphatic rings.